The van der Waals surface area contributed by atoms with Crippen molar-refractivity contribution >= 4 is 5.91 Å². The van der Waals surface area contributed by atoms with E-state index < -0.39 is 0 Å². The van der Waals surface area contributed by atoms with Crippen molar-refractivity contribution in [3.8, 4) is 11.5 Å². The second-order valence-electron chi connectivity index (χ2n) is 6.68. The van der Waals surface area contributed by atoms with Crippen LogP contribution in [0.4, 0.5) is 4.39 Å². The summed E-state index contributed by atoms with van der Waals surface area (Å²) in [5, 5.41) is 2.81. The third-order valence-corrected chi connectivity index (χ3v) is 4.70. The van der Waals surface area contributed by atoms with Gasteiger partial charge in [-0.05, 0) is 37.1 Å². The first-order chi connectivity index (χ1) is 13.1. The third kappa shape index (κ3) is 5.20. The van der Waals surface area contributed by atoms with Crippen LogP contribution in [0.15, 0.2) is 42.5 Å². The van der Waals surface area contributed by atoms with E-state index in [0.717, 1.165) is 29.9 Å². The van der Waals surface area contributed by atoms with Crippen LogP contribution >= 0.6 is 0 Å². The molecule has 144 valence electrons. The zero-order valence-electron chi connectivity index (χ0n) is 15.7. The number of carbonyl (C=O) groups excluding carboxylic acids is 1. The van der Waals surface area contributed by atoms with Crippen LogP contribution in [-0.4, -0.2) is 37.6 Å². The Bertz CT molecular complexity index is 793. The van der Waals surface area contributed by atoms with E-state index in [-0.39, 0.29) is 24.8 Å². The fraction of sp³-hybridized carbons (Fsp3) is 0.381. The van der Waals surface area contributed by atoms with Crippen LogP contribution in [0.25, 0.3) is 0 Å². The Morgan fingerprint density at radius 1 is 1.15 bits per heavy atom. The molecule has 1 N–H and O–H groups in total. The summed E-state index contributed by atoms with van der Waals surface area (Å²) in [6, 6.07) is 12.5. The Morgan fingerprint density at radius 2 is 1.93 bits per heavy atom. The lowest BCUT2D eigenvalue weighted by atomic mass is 10.1. The van der Waals surface area contributed by atoms with Crippen molar-refractivity contribution < 1.29 is 18.7 Å². The molecule has 0 bridgehead atoms. The predicted molar refractivity (Wildman–Crippen MR) is 101 cm³/mol. The number of hydrogen-bond acceptors (Lipinski definition) is 4. The Kier molecular flexibility index (Phi) is 6.29. The maximum Gasteiger partial charge on any atom is 0.234 e. The molecule has 2 aromatic rings. The summed E-state index contributed by atoms with van der Waals surface area (Å²) in [6.07, 6.45) is 2.15. The van der Waals surface area contributed by atoms with Crippen LogP contribution in [-0.2, 0) is 17.9 Å². The molecule has 0 unspecified atom stereocenters. The lowest BCUT2D eigenvalue weighted by molar-refractivity contribution is -0.122. The zero-order valence-corrected chi connectivity index (χ0v) is 15.7. The maximum atomic E-state index is 13.7. The highest BCUT2D eigenvalue weighted by Crippen LogP contribution is 2.31. The van der Waals surface area contributed by atoms with E-state index >= 15 is 0 Å². The Labute approximate surface area is 159 Å². The minimum atomic E-state index is -0.307. The fourth-order valence-electron chi connectivity index (χ4n) is 3.05. The number of nitrogens with one attached hydrogen (secondary N) is 1. The molecule has 0 saturated heterocycles. The molecular formula is C21H25FN2O3. The van der Waals surface area contributed by atoms with Crippen LogP contribution in [0.3, 0.4) is 0 Å². The summed E-state index contributed by atoms with van der Waals surface area (Å²) in [5.74, 6) is 1.10. The summed E-state index contributed by atoms with van der Waals surface area (Å²) < 4.78 is 24.4. The van der Waals surface area contributed by atoms with Gasteiger partial charge in [-0.1, -0.05) is 18.2 Å². The summed E-state index contributed by atoms with van der Waals surface area (Å²) in [5.41, 5.74) is 1.46. The predicted octanol–water partition coefficient (Wildman–Crippen LogP) is 3.12. The molecular weight excluding hydrogens is 347 g/mol. The first kappa shape index (κ1) is 19.2. The molecule has 0 spiro atoms. The number of rotatable bonds is 9. The van der Waals surface area contributed by atoms with Crippen molar-refractivity contribution in [2.24, 2.45) is 0 Å². The quantitative estimate of drug-likeness (QED) is 0.735. The van der Waals surface area contributed by atoms with E-state index in [1.165, 1.54) is 6.07 Å². The monoisotopic (exact) mass is 372 g/mol. The van der Waals surface area contributed by atoms with Gasteiger partial charge >= 0.3 is 0 Å². The van der Waals surface area contributed by atoms with Crippen molar-refractivity contribution in [3.63, 3.8) is 0 Å². The number of amides is 1. The van der Waals surface area contributed by atoms with Crippen molar-refractivity contribution in [1.29, 1.82) is 0 Å². The number of benzene rings is 2. The first-order valence-electron chi connectivity index (χ1n) is 9.05. The molecule has 6 heteroatoms. The highest BCUT2D eigenvalue weighted by atomic mass is 19.1. The van der Waals surface area contributed by atoms with Gasteiger partial charge in [0.25, 0.3) is 0 Å². The molecule has 0 heterocycles. The summed E-state index contributed by atoms with van der Waals surface area (Å²) in [7, 11) is 3.26. The van der Waals surface area contributed by atoms with E-state index in [2.05, 4.69) is 10.2 Å². The molecule has 1 fully saturated rings. The van der Waals surface area contributed by atoms with Gasteiger partial charge in [0.2, 0.25) is 5.91 Å². The van der Waals surface area contributed by atoms with E-state index in [9.17, 15) is 9.18 Å². The molecule has 2 aromatic carbocycles. The lowest BCUT2D eigenvalue weighted by Crippen LogP contribution is -2.38. The van der Waals surface area contributed by atoms with Crippen LogP contribution in [0, 0.1) is 5.82 Å². The average molecular weight is 372 g/mol. The minimum absolute atomic E-state index is 0.119. The number of halogens is 1. The fourth-order valence-corrected chi connectivity index (χ4v) is 3.05. The van der Waals surface area contributed by atoms with Gasteiger partial charge in [-0.15, -0.1) is 0 Å². The largest absolute Gasteiger partial charge is 0.497 e. The van der Waals surface area contributed by atoms with Gasteiger partial charge in [0.05, 0.1) is 20.8 Å². The topological polar surface area (TPSA) is 50.8 Å². The van der Waals surface area contributed by atoms with E-state index in [1.54, 1.807) is 32.4 Å². The summed E-state index contributed by atoms with van der Waals surface area (Å²) >= 11 is 0. The number of carbonyl (C=O) groups is 1. The van der Waals surface area contributed by atoms with Gasteiger partial charge in [0, 0.05) is 30.3 Å². The van der Waals surface area contributed by atoms with Crippen molar-refractivity contribution in [2.45, 2.75) is 32.0 Å². The molecule has 1 amide bonds. The number of ether oxygens (including phenoxy) is 2. The summed E-state index contributed by atoms with van der Waals surface area (Å²) in [4.78, 5) is 14.5. The second kappa shape index (κ2) is 8.86. The van der Waals surface area contributed by atoms with E-state index in [4.69, 9.17) is 9.47 Å². The normalized spacial score (nSPS) is 13.5. The van der Waals surface area contributed by atoms with Gasteiger partial charge in [-0.3, -0.25) is 9.69 Å². The molecule has 27 heavy (non-hydrogen) atoms. The van der Waals surface area contributed by atoms with Crippen molar-refractivity contribution in [3.05, 3.63) is 59.4 Å². The van der Waals surface area contributed by atoms with Gasteiger partial charge in [0.15, 0.2) is 0 Å². The first-order valence-corrected chi connectivity index (χ1v) is 9.05. The Balaban J connectivity index is 1.63. The SMILES string of the molecule is COc1ccc(OC)c(CN(CC(=O)NCc2ccccc2F)C2CC2)c1. The second-order valence-corrected chi connectivity index (χ2v) is 6.68. The smallest absolute Gasteiger partial charge is 0.234 e. The molecule has 3 rings (SSSR count). The van der Waals surface area contributed by atoms with Gasteiger partial charge in [0.1, 0.15) is 17.3 Å². The number of nitrogens with zero attached hydrogens (tertiary/aromatic N) is 1. The summed E-state index contributed by atoms with van der Waals surface area (Å²) in [6.45, 7) is 1.05. The standard InChI is InChI=1S/C21H25FN2O3/c1-26-18-9-10-20(27-2)16(11-18)13-24(17-7-8-17)14-21(25)23-12-15-5-3-4-6-19(15)22/h3-6,9-11,17H,7-8,12-14H2,1-2H3,(H,23,25). The van der Waals surface area contributed by atoms with E-state index in [0.29, 0.717) is 18.2 Å². The number of hydrogen-bond donors (Lipinski definition) is 1. The van der Waals surface area contributed by atoms with Crippen LogP contribution in [0.5, 0.6) is 11.5 Å². The number of methoxy groups -OCH3 is 2. The zero-order chi connectivity index (χ0) is 19.2. The molecule has 1 aliphatic rings. The van der Waals surface area contributed by atoms with Crippen LogP contribution < -0.4 is 14.8 Å². The third-order valence-electron chi connectivity index (χ3n) is 4.70. The molecule has 5 nitrogen and oxygen atoms in total. The Hall–Kier alpha value is -2.60. The van der Waals surface area contributed by atoms with Crippen molar-refractivity contribution in [2.75, 3.05) is 20.8 Å². The maximum absolute atomic E-state index is 13.7. The molecule has 0 aliphatic heterocycles. The van der Waals surface area contributed by atoms with Crippen LogP contribution in [0.2, 0.25) is 0 Å². The lowest BCUT2D eigenvalue weighted by Gasteiger charge is -2.23. The van der Waals surface area contributed by atoms with Gasteiger partial charge in [-0.2, -0.15) is 0 Å². The molecule has 0 radical (unpaired) electrons. The highest BCUT2D eigenvalue weighted by Gasteiger charge is 2.31. The molecule has 0 aromatic heterocycles. The molecule has 1 aliphatic carbocycles. The molecule has 0 atom stereocenters. The van der Waals surface area contributed by atoms with Crippen LogP contribution in [0.1, 0.15) is 24.0 Å². The van der Waals surface area contributed by atoms with Crippen molar-refractivity contribution in [1.82, 2.24) is 10.2 Å². The van der Waals surface area contributed by atoms with E-state index in [1.807, 2.05) is 18.2 Å². The highest BCUT2D eigenvalue weighted by molar-refractivity contribution is 5.78. The minimum Gasteiger partial charge on any atom is -0.497 e. The molecule has 1 saturated carbocycles. The average Bonchev–Trinajstić information content (AvgIpc) is 3.52. The van der Waals surface area contributed by atoms with Gasteiger partial charge in [-0.25, -0.2) is 4.39 Å². The van der Waals surface area contributed by atoms with Gasteiger partial charge < -0.3 is 14.8 Å². The Morgan fingerprint density at radius 3 is 2.59 bits per heavy atom.